The Bertz CT molecular complexity index is 1160. The average Bonchev–Trinajstić information content (AvgIpc) is 3.19. The van der Waals surface area contributed by atoms with Crippen molar-refractivity contribution in [1.82, 2.24) is 9.88 Å². The molecule has 1 atom stereocenters. The van der Waals surface area contributed by atoms with E-state index < -0.39 is 0 Å². The van der Waals surface area contributed by atoms with Gasteiger partial charge in [-0.15, -0.1) is 11.3 Å². The number of hydrogen-bond donors (Lipinski definition) is 1. The maximum absolute atomic E-state index is 12.8. The smallest absolute Gasteiger partial charge is 0.410 e. The number of ether oxygens (including phenoxy) is 1. The number of amides is 2. The van der Waals surface area contributed by atoms with Crippen molar-refractivity contribution in [3.05, 3.63) is 82.0 Å². The molecule has 1 N–H and O–H groups in total. The number of rotatable bonds is 7. The second-order valence-electron chi connectivity index (χ2n) is 8.28. The number of fused-ring (bicyclic) bond motifs is 1. The Morgan fingerprint density at radius 2 is 2.00 bits per heavy atom. The molecule has 3 aromatic rings. The third-order valence-electron chi connectivity index (χ3n) is 5.84. The summed E-state index contributed by atoms with van der Waals surface area (Å²) < 4.78 is 5.49. The zero-order valence-corrected chi connectivity index (χ0v) is 20.2. The first-order valence-corrected chi connectivity index (χ1v) is 12.1. The molecule has 0 spiro atoms. The number of aliphatic imine (C=N–C) groups is 1. The standard InChI is InChI=1S/C26H28N4O3S/c1-18(20-6-4-3-5-7-20)14-24(31)29-25-22(15-27-2)21-10-13-30(16-23(21)34-25)26(32)33-17-19-8-11-28-12-9-19/h3-9,11-12,15,18H,10,13-14,16-17H2,1-2H3,(H,29,31). The molecule has 0 fully saturated rings. The van der Waals surface area contributed by atoms with Crippen LogP contribution < -0.4 is 5.32 Å². The van der Waals surface area contributed by atoms with E-state index in [0.717, 1.165) is 32.1 Å². The number of carbonyl (C=O) groups is 2. The van der Waals surface area contributed by atoms with Crippen LogP contribution in [0.25, 0.3) is 0 Å². The van der Waals surface area contributed by atoms with Crippen molar-refractivity contribution in [1.29, 1.82) is 0 Å². The molecule has 1 unspecified atom stereocenters. The summed E-state index contributed by atoms with van der Waals surface area (Å²) in [4.78, 5) is 36.4. The molecule has 3 heterocycles. The maximum atomic E-state index is 12.8. The lowest BCUT2D eigenvalue weighted by atomic mass is 9.97. The predicted molar refractivity (Wildman–Crippen MR) is 134 cm³/mol. The summed E-state index contributed by atoms with van der Waals surface area (Å²) in [5.74, 6) is 0.0825. The molecule has 34 heavy (non-hydrogen) atoms. The molecule has 2 aromatic heterocycles. The Balaban J connectivity index is 1.42. The van der Waals surface area contributed by atoms with Gasteiger partial charge in [-0.1, -0.05) is 37.3 Å². The van der Waals surface area contributed by atoms with Crippen molar-refractivity contribution in [2.75, 3.05) is 18.9 Å². The molecule has 1 aromatic carbocycles. The molecule has 8 heteroatoms. The quantitative estimate of drug-likeness (QED) is 0.486. The monoisotopic (exact) mass is 476 g/mol. The molecular weight excluding hydrogens is 448 g/mol. The van der Waals surface area contributed by atoms with Crippen LogP contribution in [0.1, 0.15) is 46.4 Å². The lowest BCUT2D eigenvalue weighted by molar-refractivity contribution is -0.116. The lowest BCUT2D eigenvalue weighted by Crippen LogP contribution is -2.35. The van der Waals surface area contributed by atoms with Crippen molar-refractivity contribution in [2.24, 2.45) is 4.99 Å². The van der Waals surface area contributed by atoms with Crippen molar-refractivity contribution in [2.45, 2.75) is 38.8 Å². The highest BCUT2D eigenvalue weighted by molar-refractivity contribution is 7.16. The van der Waals surface area contributed by atoms with Crippen LogP contribution in [0.15, 0.2) is 59.9 Å². The highest BCUT2D eigenvalue weighted by Gasteiger charge is 2.28. The summed E-state index contributed by atoms with van der Waals surface area (Å²) in [6, 6.07) is 13.7. The highest BCUT2D eigenvalue weighted by Crippen LogP contribution is 2.37. The van der Waals surface area contributed by atoms with Crippen LogP contribution in [0.5, 0.6) is 0 Å². The minimum atomic E-state index is -0.344. The first kappa shape index (κ1) is 23.6. The van der Waals surface area contributed by atoms with Gasteiger partial charge in [0.15, 0.2) is 0 Å². The molecule has 1 aliphatic heterocycles. The van der Waals surface area contributed by atoms with Crippen molar-refractivity contribution in [3.63, 3.8) is 0 Å². The van der Waals surface area contributed by atoms with Crippen LogP contribution in [-0.4, -0.2) is 41.7 Å². The van der Waals surface area contributed by atoms with Crippen LogP contribution in [0.4, 0.5) is 9.80 Å². The van der Waals surface area contributed by atoms with E-state index in [9.17, 15) is 9.59 Å². The molecule has 0 bridgehead atoms. The van der Waals surface area contributed by atoms with E-state index in [1.165, 1.54) is 11.3 Å². The van der Waals surface area contributed by atoms with Gasteiger partial charge < -0.3 is 15.0 Å². The number of anilines is 1. The van der Waals surface area contributed by atoms with Gasteiger partial charge in [0.25, 0.3) is 0 Å². The average molecular weight is 477 g/mol. The number of benzene rings is 1. The second kappa shape index (κ2) is 11.1. The third-order valence-corrected chi connectivity index (χ3v) is 6.99. The fourth-order valence-corrected chi connectivity index (χ4v) is 5.27. The van der Waals surface area contributed by atoms with Crippen LogP contribution >= 0.6 is 11.3 Å². The third kappa shape index (κ3) is 5.69. The van der Waals surface area contributed by atoms with Gasteiger partial charge in [0.2, 0.25) is 5.91 Å². The molecule has 7 nitrogen and oxygen atoms in total. The second-order valence-corrected chi connectivity index (χ2v) is 9.38. The van der Waals surface area contributed by atoms with E-state index in [0.29, 0.717) is 25.9 Å². The lowest BCUT2D eigenvalue weighted by Gasteiger charge is -2.26. The van der Waals surface area contributed by atoms with E-state index in [1.54, 1.807) is 30.6 Å². The maximum Gasteiger partial charge on any atom is 0.410 e. The number of nitrogens with one attached hydrogen (secondary N) is 1. The summed E-state index contributed by atoms with van der Waals surface area (Å²) >= 11 is 1.51. The van der Waals surface area contributed by atoms with Crippen LogP contribution in [-0.2, 0) is 29.1 Å². The Morgan fingerprint density at radius 1 is 1.24 bits per heavy atom. The van der Waals surface area contributed by atoms with Gasteiger partial charge in [0.1, 0.15) is 11.6 Å². The normalized spacial score (nSPS) is 14.0. The minimum Gasteiger partial charge on any atom is -0.445 e. The SMILES string of the molecule is CN=Cc1c(NC(=O)CC(C)c2ccccc2)sc2c1CCN(C(=O)OCc1ccncc1)C2. The zero-order valence-electron chi connectivity index (χ0n) is 19.4. The van der Waals surface area contributed by atoms with Crippen LogP contribution in [0.2, 0.25) is 0 Å². The summed E-state index contributed by atoms with van der Waals surface area (Å²) in [5.41, 5.74) is 4.11. The van der Waals surface area contributed by atoms with E-state index in [-0.39, 0.29) is 24.5 Å². The molecule has 1 aliphatic rings. The Hall–Kier alpha value is -3.52. The van der Waals surface area contributed by atoms with Gasteiger partial charge in [-0.3, -0.25) is 14.8 Å². The summed E-state index contributed by atoms with van der Waals surface area (Å²) in [5, 5.41) is 3.88. The summed E-state index contributed by atoms with van der Waals surface area (Å²) in [6.45, 7) is 3.28. The molecular formula is C26H28N4O3S. The first-order valence-electron chi connectivity index (χ1n) is 11.3. The molecule has 4 rings (SSSR count). The fraction of sp³-hybridized carbons (Fsp3) is 0.308. The van der Waals surface area contributed by atoms with Crippen LogP contribution in [0, 0.1) is 0 Å². The highest BCUT2D eigenvalue weighted by atomic mass is 32.1. The molecule has 0 saturated heterocycles. The van der Waals surface area contributed by atoms with Gasteiger partial charge in [0, 0.05) is 49.1 Å². The Morgan fingerprint density at radius 3 is 2.74 bits per heavy atom. The molecule has 0 radical (unpaired) electrons. The van der Waals surface area contributed by atoms with E-state index in [2.05, 4.69) is 22.2 Å². The number of thiophene rings is 1. The van der Waals surface area contributed by atoms with E-state index in [1.807, 2.05) is 42.5 Å². The minimum absolute atomic E-state index is 0.0330. The molecule has 0 aliphatic carbocycles. The number of pyridine rings is 1. The predicted octanol–water partition coefficient (Wildman–Crippen LogP) is 5.02. The largest absolute Gasteiger partial charge is 0.445 e. The van der Waals surface area contributed by atoms with Crippen molar-refractivity contribution >= 4 is 34.6 Å². The first-order chi connectivity index (χ1) is 16.5. The molecule has 176 valence electrons. The summed E-state index contributed by atoms with van der Waals surface area (Å²) in [6.07, 6.45) is 5.88. The van der Waals surface area contributed by atoms with Gasteiger partial charge in [-0.2, -0.15) is 0 Å². The number of carbonyl (C=O) groups excluding carboxylic acids is 2. The van der Waals surface area contributed by atoms with E-state index in [4.69, 9.17) is 4.74 Å². The van der Waals surface area contributed by atoms with Gasteiger partial charge in [0.05, 0.1) is 6.54 Å². The topological polar surface area (TPSA) is 83.9 Å². The Labute approximate surface area is 203 Å². The Kier molecular flexibility index (Phi) is 7.69. The number of nitrogens with zero attached hydrogens (tertiary/aromatic N) is 3. The van der Waals surface area contributed by atoms with E-state index >= 15 is 0 Å². The number of hydrogen-bond acceptors (Lipinski definition) is 6. The van der Waals surface area contributed by atoms with Crippen LogP contribution in [0.3, 0.4) is 0 Å². The molecule has 0 saturated carbocycles. The van der Waals surface area contributed by atoms with Gasteiger partial charge in [-0.25, -0.2) is 4.79 Å². The molecule has 2 amide bonds. The zero-order chi connectivity index (χ0) is 23.9. The van der Waals surface area contributed by atoms with Gasteiger partial charge >= 0.3 is 6.09 Å². The van der Waals surface area contributed by atoms with Crippen molar-refractivity contribution in [3.8, 4) is 0 Å². The van der Waals surface area contributed by atoms with Gasteiger partial charge in [-0.05, 0) is 41.2 Å². The summed E-state index contributed by atoms with van der Waals surface area (Å²) in [7, 11) is 1.72. The number of aromatic nitrogens is 1. The fourth-order valence-electron chi connectivity index (χ4n) is 4.01. The van der Waals surface area contributed by atoms with Crippen molar-refractivity contribution < 1.29 is 14.3 Å².